The summed E-state index contributed by atoms with van der Waals surface area (Å²) in [7, 11) is 0. The number of likely N-dealkylation sites (tertiary alicyclic amines) is 1. The van der Waals surface area contributed by atoms with Crippen LogP contribution >= 0.6 is 22.9 Å². The lowest BCUT2D eigenvalue weighted by molar-refractivity contribution is 0.0919. The Bertz CT molecular complexity index is 1190. The molecule has 2 N–H and O–H groups in total. The molecule has 3 amide bonds. The maximum absolute atomic E-state index is 13.3. The van der Waals surface area contributed by atoms with E-state index in [1.165, 1.54) is 0 Å². The van der Waals surface area contributed by atoms with Gasteiger partial charge in [-0.1, -0.05) is 29.8 Å². The Morgan fingerprint density at radius 3 is 2.58 bits per heavy atom. The molecule has 1 unspecified atom stereocenters. The lowest BCUT2D eigenvalue weighted by Crippen LogP contribution is -2.50. The highest BCUT2D eigenvalue weighted by Gasteiger charge is 2.30. The number of halogens is 1. The number of carbonyl (C=O) groups is 2. The van der Waals surface area contributed by atoms with Gasteiger partial charge in [-0.25, -0.2) is 9.78 Å². The van der Waals surface area contributed by atoms with Crippen LogP contribution in [0.2, 0.25) is 5.15 Å². The summed E-state index contributed by atoms with van der Waals surface area (Å²) < 4.78 is 0. The predicted molar refractivity (Wildman–Crippen MR) is 155 cm³/mol. The molecule has 1 atom stereocenters. The zero-order chi connectivity index (χ0) is 27.1. The Morgan fingerprint density at radius 1 is 1.18 bits per heavy atom. The molecule has 3 aromatic rings. The van der Waals surface area contributed by atoms with Crippen molar-refractivity contribution in [2.45, 2.75) is 58.7 Å². The molecule has 1 fully saturated rings. The van der Waals surface area contributed by atoms with Crippen LogP contribution in [0.5, 0.6) is 0 Å². The van der Waals surface area contributed by atoms with E-state index in [2.05, 4.69) is 44.3 Å². The third-order valence-electron chi connectivity index (χ3n) is 7.22. The van der Waals surface area contributed by atoms with Crippen LogP contribution in [-0.4, -0.2) is 58.4 Å². The van der Waals surface area contributed by atoms with Crippen LogP contribution in [0.3, 0.4) is 0 Å². The van der Waals surface area contributed by atoms with Crippen molar-refractivity contribution in [3.8, 4) is 0 Å². The van der Waals surface area contributed by atoms with Crippen LogP contribution in [-0.2, 0) is 6.54 Å². The van der Waals surface area contributed by atoms with E-state index < -0.39 is 0 Å². The summed E-state index contributed by atoms with van der Waals surface area (Å²) in [5, 5.41) is 10.7. The maximum Gasteiger partial charge on any atom is 0.322 e. The van der Waals surface area contributed by atoms with E-state index in [1.807, 2.05) is 49.1 Å². The number of piperidine rings is 1. The van der Waals surface area contributed by atoms with Crippen LogP contribution in [0, 0.1) is 13.8 Å². The molecule has 7 nitrogen and oxygen atoms in total. The fourth-order valence-electron chi connectivity index (χ4n) is 5.09. The molecule has 2 aromatic heterocycles. The number of para-hydroxylation sites is 1. The highest BCUT2D eigenvalue weighted by Crippen LogP contribution is 2.23. The summed E-state index contributed by atoms with van der Waals surface area (Å²) in [5.41, 5.74) is 4.04. The number of nitrogens with one attached hydrogen (secondary N) is 2. The standard InChI is InChI=1S/C29H36ClN5O2S/c1-20-17-26(30)32-22(3)27(20)28(36)31-13-9-21(2)34-14-10-25(11-15-34)35(18-23-12-16-38-19-23)29(37)33-24-7-5-4-6-8-24/h4-8,12,16-17,19,21,25H,9-11,13-15,18H2,1-3H3,(H,31,36)(H,33,37). The molecule has 9 heteroatoms. The first-order valence-electron chi connectivity index (χ1n) is 13.1. The maximum atomic E-state index is 13.3. The minimum absolute atomic E-state index is 0.0566. The molecule has 1 aromatic carbocycles. The van der Waals surface area contributed by atoms with E-state index in [0.29, 0.717) is 35.5 Å². The van der Waals surface area contributed by atoms with E-state index in [-0.39, 0.29) is 18.0 Å². The summed E-state index contributed by atoms with van der Waals surface area (Å²) in [5.74, 6) is -0.108. The van der Waals surface area contributed by atoms with Gasteiger partial charge in [0, 0.05) is 44.0 Å². The smallest absolute Gasteiger partial charge is 0.322 e. The number of benzene rings is 1. The van der Waals surface area contributed by atoms with Gasteiger partial charge in [0.1, 0.15) is 5.15 Å². The normalized spacial score (nSPS) is 15.2. The molecular formula is C29H36ClN5O2S. The Kier molecular flexibility index (Phi) is 9.77. The molecule has 0 radical (unpaired) electrons. The SMILES string of the molecule is Cc1cc(Cl)nc(C)c1C(=O)NCCC(C)N1CCC(N(Cc2ccsc2)C(=O)Nc2ccccc2)CC1. The average Bonchev–Trinajstić information content (AvgIpc) is 3.41. The van der Waals surface area contributed by atoms with Crippen molar-refractivity contribution in [2.24, 2.45) is 0 Å². The highest BCUT2D eigenvalue weighted by atomic mass is 35.5. The van der Waals surface area contributed by atoms with Crippen molar-refractivity contribution in [3.05, 3.63) is 80.8 Å². The second-order valence-electron chi connectivity index (χ2n) is 9.94. The molecule has 3 heterocycles. The fraction of sp³-hybridized carbons (Fsp3) is 0.414. The number of hydrogen-bond donors (Lipinski definition) is 2. The van der Waals surface area contributed by atoms with E-state index >= 15 is 0 Å². The van der Waals surface area contributed by atoms with Crippen LogP contribution in [0.4, 0.5) is 10.5 Å². The number of hydrogen-bond acceptors (Lipinski definition) is 5. The van der Waals surface area contributed by atoms with Crippen molar-refractivity contribution < 1.29 is 9.59 Å². The summed E-state index contributed by atoms with van der Waals surface area (Å²) in [6.45, 7) is 8.91. The first-order valence-corrected chi connectivity index (χ1v) is 14.4. The number of pyridine rings is 1. The molecule has 0 aliphatic carbocycles. The first kappa shape index (κ1) is 28.1. The number of aromatic nitrogens is 1. The van der Waals surface area contributed by atoms with Gasteiger partial charge in [-0.2, -0.15) is 11.3 Å². The lowest BCUT2D eigenvalue weighted by Gasteiger charge is -2.40. The minimum Gasteiger partial charge on any atom is -0.352 e. The van der Waals surface area contributed by atoms with Gasteiger partial charge in [0.05, 0.1) is 11.3 Å². The molecule has 1 saturated heterocycles. The Morgan fingerprint density at radius 2 is 1.92 bits per heavy atom. The monoisotopic (exact) mass is 553 g/mol. The largest absolute Gasteiger partial charge is 0.352 e. The average molecular weight is 554 g/mol. The number of anilines is 1. The minimum atomic E-state index is -0.108. The topological polar surface area (TPSA) is 77.6 Å². The second-order valence-corrected chi connectivity index (χ2v) is 11.1. The van der Waals surface area contributed by atoms with Gasteiger partial charge in [-0.05, 0) is 86.2 Å². The molecule has 1 aliphatic heterocycles. The zero-order valence-corrected chi connectivity index (χ0v) is 23.8. The third kappa shape index (κ3) is 7.34. The summed E-state index contributed by atoms with van der Waals surface area (Å²) >= 11 is 7.66. The van der Waals surface area contributed by atoms with Gasteiger partial charge < -0.3 is 20.4 Å². The molecular weight excluding hydrogens is 518 g/mol. The molecule has 4 rings (SSSR count). The highest BCUT2D eigenvalue weighted by molar-refractivity contribution is 7.07. The first-order chi connectivity index (χ1) is 18.3. The summed E-state index contributed by atoms with van der Waals surface area (Å²) in [6, 6.07) is 13.9. The lowest BCUT2D eigenvalue weighted by atomic mass is 10.0. The molecule has 1 aliphatic rings. The van der Waals surface area contributed by atoms with Gasteiger partial charge in [0.25, 0.3) is 5.91 Å². The van der Waals surface area contributed by atoms with Crippen molar-refractivity contribution in [2.75, 3.05) is 25.0 Å². The van der Waals surface area contributed by atoms with Crippen molar-refractivity contribution in [1.29, 1.82) is 0 Å². The van der Waals surface area contributed by atoms with Crippen LogP contribution in [0.25, 0.3) is 0 Å². The number of urea groups is 1. The number of thiophene rings is 1. The van der Waals surface area contributed by atoms with E-state index in [1.54, 1.807) is 17.4 Å². The summed E-state index contributed by atoms with van der Waals surface area (Å²) in [4.78, 5) is 34.7. The van der Waals surface area contributed by atoms with Gasteiger partial charge in [0.15, 0.2) is 0 Å². The van der Waals surface area contributed by atoms with Crippen LogP contribution in [0.1, 0.15) is 53.4 Å². The van der Waals surface area contributed by atoms with Crippen molar-refractivity contribution in [3.63, 3.8) is 0 Å². The number of aryl methyl sites for hydroxylation is 2. The number of amides is 3. The van der Waals surface area contributed by atoms with Crippen LogP contribution in [0.15, 0.2) is 53.2 Å². The van der Waals surface area contributed by atoms with E-state index in [0.717, 1.165) is 49.2 Å². The second kappa shape index (κ2) is 13.2. The molecule has 0 bridgehead atoms. The van der Waals surface area contributed by atoms with Crippen molar-refractivity contribution in [1.82, 2.24) is 20.1 Å². The molecule has 0 saturated carbocycles. The Balaban J connectivity index is 1.29. The van der Waals surface area contributed by atoms with Gasteiger partial charge in [-0.15, -0.1) is 0 Å². The van der Waals surface area contributed by atoms with Gasteiger partial charge >= 0.3 is 6.03 Å². The van der Waals surface area contributed by atoms with Crippen LogP contribution < -0.4 is 10.6 Å². The predicted octanol–water partition coefficient (Wildman–Crippen LogP) is 6.12. The van der Waals surface area contributed by atoms with Crippen molar-refractivity contribution >= 4 is 40.6 Å². The van der Waals surface area contributed by atoms with Gasteiger partial charge in [-0.3, -0.25) is 4.79 Å². The quantitative estimate of drug-likeness (QED) is 0.313. The van der Waals surface area contributed by atoms with Gasteiger partial charge in [0.2, 0.25) is 0 Å². The number of carbonyl (C=O) groups excluding carboxylic acids is 2. The van der Waals surface area contributed by atoms with E-state index in [9.17, 15) is 9.59 Å². The molecule has 202 valence electrons. The third-order valence-corrected chi connectivity index (χ3v) is 8.15. The molecule has 0 spiro atoms. The Hall–Kier alpha value is -2.94. The number of rotatable bonds is 9. The summed E-state index contributed by atoms with van der Waals surface area (Å²) in [6.07, 6.45) is 2.68. The Labute approximate surface area is 234 Å². The fourth-order valence-corrected chi connectivity index (χ4v) is 6.04. The number of nitrogens with zero attached hydrogens (tertiary/aromatic N) is 3. The zero-order valence-electron chi connectivity index (χ0n) is 22.2. The van der Waals surface area contributed by atoms with E-state index in [4.69, 9.17) is 11.6 Å². The molecule has 38 heavy (non-hydrogen) atoms.